The number of piperazine rings is 1. The largest absolute Gasteiger partial charge is 0.340 e. The van der Waals surface area contributed by atoms with Gasteiger partial charge in [0.05, 0.1) is 0 Å². The molecule has 1 aliphatic rings. The quantitative estimate of drug-likeness (QED) is 0.754. The smallest absolute Gasteiger partial charge is 0.222 e. The van der Waals surface area contributed by atoms with Crippen LogP contribution in [0.4, 0.5) is 0 Å². The van der Waals surface area contributed by atoms with E-state index in [1.54, 1.807) is 0 Å². The number of amides is 1. The van der Waals surface area contributed by atoms with Gasteiger partial charge in [0.15, 0.2) is 0 Å². The molecule has 1 N–H and O–H groups in total. The van der Waals surface area contributed by atoms with Crippen molar-refractivity contribution in [1.29, 1.82) is 0 Å². The Labute approximate surface area is 93.2 Å². The molecule has 1 rings (SSSR count). The molecule has 3 heteroatoms. The van der Waals surface area contributed by atoms with Gasteiger partial charge in [-0.05, 0) is 18.8 Å². The van der Waals surface area contributed by atoms with E-state index in [9.17, 15) is 4.79 Å². The van der Waals surface area contributed by atoms with Gasteiger partial charge < -0.3 is 10.2 Å². The molecule has 1 atom stereocenters. The van der Waals surface area contributed by atoms with Gasteiger partial charge in [0.1, 0.15) is 0 Å². The van der Waals surface area contributed by atoms with Crippen LogP contribution in [0.25, 0.3) is 0 Å². The summed E-state index contributed by atoms with van der Waals surface area (Å²) in [6.07, 6.45) is 1.67. The number of carbonyl (C=O) groups is 1. The second-order valence-corrected chi connectivity index (χ2v) is 5.76. The van der Waals surface area contributed by atoms with E-state index in [4.69, 9.17) is 0 Å². The van der Waals surface area contributed by atoms with E-state index in [-0.39, 0.29) is 5.41 Å². The van der Waals surface area contributed by atoms with Gasteiger partial charge in [0, 0.05) is 32.1 Å². The van der Waals surface area contributed by atoms with Crippen LogP contribution in [0.2, 0.25) is 0 Å². The minimum Gasteiger partial charge on any atom is -0.340 e. The molecule has 0 bridgehead atoms. The SMILES string of the molecule is C[C@@H]1CN(C(=O)CCC(C)(C)C)CCN1. The van der Waals surface area contributed by atoms with E-state index in [0.717, 1.165) is 26.1 Å². The maximum absolute atomic E-state index is 11.9. The van der Waals surface area contributed by atoms with Crippen molar-refractivity contribution in [2.24, 2.45) is 5.41 Å². The Morgan fingerprint density at radius 2 is 2.13 bits per heavy atom. The fourth-order valence-electron chi connectivity index (χ4n) is 1.80. The van der Waals surface area contributed by atoms with Crippen LogP contribution in [0, 0.1) is 5.41 Å². The zero-order chi connectivity index (χ0) is 11.5. The fourth-order valence-corrected chi connectivity index (χ4v) is 1.80. The third-order valence-electron chi connectivity index (χ3n) is 2.81. The van der Waals surface area contributed by atoms with Gasteiger partial charge in [-0.1, -0.05) is 20.8 Å². The molecular formula is C12H24N2O. The van der Waals surface area contributed by atoms with Gasteiger partial charge in [-0.15, -0.1) is 0 Å². The minimum absolute atomic E-state index is 0.259. The van der Waals surface area contributed by atoms with E-state index in [2.05, 4.69) is 33.0 Å². The number of hydrogen-bond donors (Lipinski definition) is 1. The van der Waals surface area contributed by atoms with E-state index >= 15 is 0 Å². The molecule has 0 aromatic carbocycles. The molecule has 1 aliphatic heterocycles. The second-order valence-electron chi connectivity index (χ2n) is 5.76. The average molecular weight is 212 g/mol. The number of carbonyl (C=O) groups excluding carboxylic acids is 1. The van der Waals surface area contributed by atoms with E-state index in [1.165, 1.54) is 0 Å². The number of nitrogens with one attached hydrogen (secondary N) is 1. The zero-order valence-corrected chi connectivity index (χ0v) is 10.5. The molecule has 0 aliphatic carbocycles. The second kappa shape index (κ2) is 4.97. The summed E-state index contributed by atoms with van der Waals surface area (Å²) in [5.41, 5.74) is 0.259. The molecular weight excluding hydrogens is 188 g/mol. The van der Waals surface area contributed by atoms with Crippen molar-refractivity contribution in [3.05, 3.63) is 0 Å². The molecule has 0 saturated carbocycles. The van der Waals surface area contributed by atoms with Gasteiger partial charge in [-0.3, -0.25) is 4.79 Å². The van der Waals surface area contributed by atoms with Crippen LogP contribution < -0.4 is 5.32 Å². The highest BCUT2D eigenvalue weighted by molar-refractivity contribution is 5.76. The predicted molar refractivity (Wildman–Crippen MR) is 62.7 cm³/mol. The first-order chi connectivity index (χ1) is 6.88. The van der Waals surface area contributed by atoms with Crippen molar-refractivity contribution in [2.45, 2.75) is 46.6 Å². The van der Waals surface area contributed by atoms with E-state index in [1.807, 2.05) is 4.90 Å². The Kier molecular flexibility index (Phi) is 4.14. The molecule has 0 aromatic heterocycles. The molecule has 88 valence electrons. The summed E-state index contributed by atoms with van der Waals surface area (Å²) in [5, 5.41) is 3.35. The van der Waals surface area contributed by atoms with Crippen LogP contribution in [0.15, 0.2) is 0 Å². The van der Waals surface area contributed by atoms with Crippen molar-refractivity contribution in [1.82, 2.24) is 10.2 Å². The number of rotatable bonds is 2. The normalized spacial score (nSPS) is 22.9. The molecule has 1 amide bonds. The highest BCUT2D eigenvalue weighted by Crippen LogP contribution is 2.21. The van der Waals surface area contributed by atoms with Crippen LogP contribution in [0.3, 0.4) is 0 Å². The van der Waals surface area contributed by atoms with Gasteiger partial charge in [0.25, 0.3) is 0 Å². The van der Waals surface area contributed by atoms with Gasteiger partial charge in [-0.25, -0.2) is 0 Å². The first kappa shape index (κ1) is 12.5. The Hall–Kier alpha value is -0.570. The summed E-state index contributed by atoms with van der Waals surface area (Å²) >= 11 is 0. The van der Waals surface area contributed by atoms with Gasteiger partial charge in [0.2, 0.25) is 5.91 Å². The van der Waals surface area contributed by atoms with Crippen LogP contribution >= 0.6 is 0 Å². The zero-order valence-electron chi connectivity index (χ0n) is 10.5. The molecule has 1 heterocycles. The van der Waals surface area contributed by atoms with Gasteiger partial charge >= 0.3 is 0 Å². The lowest BCUT2D eigenvalue weighted by Gasteiger charge is -2.32. The van der Waals surface area contributed by atoms with Crippen molar-refractivity contribution in [3.8, 4) is 0 Å². The predicted octanol–water partition coefficient (Wildman–Crippen LogP) is 1.63. The lowest BCUT2D eigenvalue weighted by molar-refractivity contribution is -0.132. The third kappa shape index (κ3) is 4.65. The first-order valence-corrected chi connectivity index (χ1v) is 5.90. The van der Waals surface area contributed by atoms with E-state index in [0.29, 0.717) is 18.4 Å². The first-order valence-electron chi connectivity index (χ1n) is 5.90. The standard InChI is InChI=1S/C12H24N2O/c1-10-9-14(8-7-13-10)11(15)5-6-12(2,3)4/h10,13H,5-9H2,1-4H3/t10-/m1/s1. The minimum atomic E-state index is 0.259. The highest BCUT2D eigenvalue weighted by Gasteiger charge is 2.21. The van der Waals surface area contributed by atoms with Crippen molar-refractivity contribution in [3.63, 3.8) is 0 Å². The number of hydrogen-bond acceptors (Lipinski definition) is 2. The summed E-state index contributed by atoms with van der Waals surface area (Å²) in [6, 6.07) is 0.442. The molecule has 0 unspecified atom stereocenters. The monoisotopic (exact) mass is 212 g/mol. The molecule has 15 heavy (non-hydrogen) atoms. The Morgan fingerprint density at radius 3 is 2.67 bits per heavy atom. The van der Waals surface area contributed by atoms with Crippen molar-refractivity contribution < 1.29 is 4.79 Å². The number of nitrogens with zero attached hydrogens (tertiary/aromatic N) is 1. The highest BCUT2D eigenvalue weighted by atomic mass is 16.2. The summed E-state index contributed by atoms with van der Waals surface area (Å²) in [6.45, 7) is 11.3. The molecule has 1 saturated heterocycles. The Morgan fingerprint density at radius 1 is 1.47 bits per heavy atom. The lowest BCUT2D eigenvalue weighted by atomic mass is 9.90. The lowest BCUT2D eigenvalue weighted by Crippen LogP contribution is -2.51. The summed E-state index contributed by atoms with van der Waals surface area (Å²) in [4.78, 5) is 13.9. The Balaban J connectivity index is 2.33. The maximum atomic E-state index is 11.9. The topological polar surface area (TPSA) is 32.3 Å². The van der Waals surface area contributed by atoms with Crippen LogP contribution in [-0.4, -0.2) is 36.5 Å². The molecule has 0 spiro atoms. The third-order valence-corrected chi connectivity index (χ3v) is 2.81. The average Bonchev–Trinajstić information content (AvgIpc) is 2.13. The fraction of sp³-hybridized carbons (Fsp3) is 0.917. The van der Waals surface area contributed by atoms with Crippen molar-refractivity contribution in [2.75, 3.05) is 19.6 Å². The van der Waals surface area contributed by atoms with E-state index < -0.39 is 0 Å². The van der Waals surface area contributed by atoms with Crippen LogP contribution in [0.1, 0.15) is 40.5 Å². The van der Waals surface area contributed by atoms with Crippen molar-refractivity contribution >= 4 is 5.91 Å². The Bertz CT molecular complexity index is 220. The molecule has 3 nitrogen and oxygen atoms in total. The molecule has 1 fully saturated rings. The maximum Gasteiger partial charge on any atom is 0.222 e. The van der Waals surface area contributed by atoms with Gasteiger partial charge in [-0.2, -0.15) is 0 Å². The molecule has 0 aromatic rings. The van der Waals surface area contributed by atoms with Crippen LogP contribution in [0.5, 0.6) is 0 Å². The summed E-state index contributed by atoms with van der Waals surface area (Å²) in [7, 11) is 0. The molecule has 0 radical (unpaired) electrons. The van der Waals surface area contributed by atoms with Crippen LogP contribution in [-0.2, 0) is 4.79 Å². The summed E-state index contributed by atoms with van der Waals surface area (Å²) < 4.78 is 0. The summed E-state index contributed by atoms with van der Waals surface area (Å²) in [5.74, 6) is 0.318.